The lowest BCUT2D eigenvalue weighted by Crippen LogP contribution is -2.65. The van der Waals surface area contributed by atoms with Gasteiger partial charge in [0.05, 0.1) is 7.11 Å². The molecule has 0 aromatic heterocycles. The van der Waals surface area contributed by atoms with Crippen molar-refractivity contribution < 1.29 is 19.7 Å². The molecule has 1 aromatic carbocycles. The molecule has 4 atom stereocenters. The van der Waals surface area contributed by atoms with E-state index in [-0.39, 0.29) is 22.8 Å². The number of ketones is 1. The molecule has 0 radical (unpaired) electrons. The molecule has 4 aliphatic rings. The van der Waals surface area contributed by atoms with E-state index in [4.69, 9.17) is 9.47 Å². The Balaban J connectivity index is 0.00000135. The van der Waals surface area contributed by atoms with Gasteiger partial charge in [0, 0.05) is 23.4 Å². The molecule has 1 aromatic rings. The number of ether oxygens (including phenoxy) is 2. The van der Waals surface area contributed by atoms with Crippen LogP contribution in [0.1, 0.15) is 30.4 Å². The highest BCUT2D eigenvalue weighted by Gasteiger charge is 2.65. The van der Waals surface area contributed by atoms with Crippen molar-refractivity contribution in [3.63, 3.8) is 0 Å². The standard InChI is InChI=1S/C18H21NO3.H2O/c1-19-8-7-18-11-4-5-13(20)17(18)22-16-14(21-2)6-3-10(15(16)18)9-12(11)19;/h3,6,11-12,17H,4-5,7-9H2,1-2H3;1H2/t11-,12+,17-,18-;/m0./s1. The molecule has 2 heterocycles. The van der Waals surface area contributed by atoms with Crippen LogP contribution >= 0.6 is 0 Å². The van der Waals surface area contributed by atoms with Crippen LogP contribution in [0.4, 0.5) is 0 Å². The fourth-order valence-electron chi connectivity index (χ4n) is 5.67. The summed E-state index contributed by atoms with van der Waals surface area (Å²) in [6, 6.07) is 4.73. The SMILES string of the molecule is COc1ccc2c3c1O[C@H]1C(=O)CC[C@H]4[C@@H](C2)N(C)CC[C@]314.O. The summed E-state index contributed by atoms with van der Waals surface area (Å²) in [6.07, 6.45) is 3.47. The average Bonchev–Trinajstić information content (AvgIpc) is 2.88. The molecular weight excluding hydrogens is 294 g/mol. The lowest BCUT2D eigenvalue weighted by atomic mass is 9.52. The molecule has 23 heavy (non-hydrogen) atoms. The van der Waals surface area contributed by atoms with Crippen molar-refractivity contribution >= 4 is 5.78 Å². The Morgan fingerprint density at radius 1 is 1.39 bits per heavy atom. The summed E-state index contributed by atoms with van der Waals surface area (Å²) < 4.78 is 11.8. The summed E-state index contributed by atoms with van der Waals surface area (Å²) in [6.45, 7) is 1.05. The van der Waals surface area contributed by atoms with Crippen LogP contribution < -0.4 is 9.47 Å². The van der Waals surface area contributed by atoms with E-state index in [1.54, 1.807) is 7.11 Å². The second-order valence-electron chi connectivity index (χ2n) is 7.28. The summed E-state index contributed by atoms with van der Waals surface area (Å²) in [4.78, 5) is 15.1. The number of carbonyl (C=O) groups excluding carboxylic acids is 1. The number of hydrogen-bond donors (Lipinski definition) is 0. The molecule has 5 heteroatoms. The van der Waals surface area contributed by atoms with E-state index in [0.29, 0.717) is 18.4 Å². The average molecular weight is 317 g/mol. The Morgan fingerprint density at radius 2 is 2.22 bits per heavy atom. The molecule has 1 saturated heterocycles. The minimum absolute atomic E-state index is 0. The van der Waals surface area contributed by atoms with E-state index >= 15 is 0 Å². The summed E-state index contributed by atoms with van der Waals surface area (Å²) in [5.41, 5.74) is 2.57. The number of hydrogen-bond acceptors (Lipinski definition) is 4. The molecule has 0 amide bonds. The smallest absolute Gasteiger partial charge is 0.174 e. The van der Waals surface area contributed by atoms with Gasteiger partial charge in [-0.05, 0) is 50.4 Å². The minimum atomic E-state index is -0.284. The van der Waals surface area contributed by atoms with Gasteiger partial charge in [0.1, 0.15) is 0 Å². The van der Waals surface area contributed by atoms with Crippen molar-refractivity contribution in [1.29, 1.82) is 0 Å². The van der Waals surface area contributed by atoms with Crippen LogP contribution in [0.15, 0.2) is 12.1 Å². The number of likely N-dealkylation sites (N-methyl/N-ethyl adjacent to an activating group) is 1. The monoisotopic (exact) mass is 317 g/mol. The maximum atomic E-state index is 12.6. The molecule has 2 aliphatic carbocycles. The quantitative estimate of drug-likeness (QED) is 0.778. The van der Waals surface area contributed by atoms with Gasteiger partial charge < -0.3 is 19.8 Å². The van der Waals surface area contributed by atoms with E-state index in [1.807, 2.05) is 6.07 Å². The molecule has 124 valence electrons. The van der Waals surface area contributed by atoms with Crippen LogP contribution in [0.5, 0.6) is 11.5 Å². The lowest BCUT2D eigenvalue weighted by molar-refractivity contribution is -0.138. The predicted octanol–water partition coefficient (Wildman–Crippen LogP) is 1.11. The second-order valence-corrected chi connectivity index (χ2v) is 7.28. The third-order valence-electron chi connectivity index (χ3n) is 6.59. The summed E-state index contributed by atoms with van der Waals surface area (Å²) in [7, 11) is 3.91. The topological polar surface area (TPSA) is 70.3 Å². The number of likely N-dealkylation sites (tertiary alicyclic amines) is 1. The Bertz CT molecular complexity index is 688. The third-order valence-corrected chi connectivity index (χ3v) is 6.59. The van der Waals surface area contributed by atoms with E-state index < -0.39 is 0 Å². The lowest BCUT2D eigenvalue weighted by Gasteiger charge is -2.57. The largest absolute Gasteiger partial charge is 0.493 e. The fraction of sp³-hybridized carbons (Fsp3) is 0.611. The number of piperidine rings is 1. The van der Waals surface area contributed by atoms with Gasteiger partial charge in [0.25, 0.3) is 0 Å². The number of carbonyl (C=O) groups is 1. The van der Waals surface area contributed by atoms with E-state index in [9.17, 15) is 4.79 Å². The number of nitrogens with zero attached hydrogens (tertiary/aromatic N) is 1. The third kappa shape index (κ3) is 1.57. The first-order chi connectivity index (χ1) is 10.7. The highest BCUT2D eigenvalue weighted by Crippen LogP contribution is 2.62. The minimum Gasteiger partial charge on any atom is -0.493 e. The first-order valence-electron chi connectivity index (χ1n) is 8.27. The molecule has 2 N–H and O–H groups in total. The fourth-order valence-corrected chi connectivity index (χ4v) is 5.67. The highest BCUT2D eigenvalue weighted by molar-refractivity contribution is 5.89. The van der Waals surface area contributed by atoms with Crippen LogP contribution in [-0.4, -0.2) is 49.0 Å². The molecule has 1 saturated carbocycles. The number of rotatable bonds is 1. The Kier molecular flexibility index (Phi) is 3.06. The van der Waals surface area contributed by atoms with Crippen molar-refractivity contribution in [1.82, 2.24) is 4.90 Å². The van der Waals surface area contributed by atoms with Gasteiger partial charge in [0.2, 0.25) is 0 Å². The molecule has 2 fully saturated rings. The summed E-state index contributed by atoms with van der Waals surface area (Å²) >= 11 is 0. The van der Waals surface area contributed by atoms with E-state index in [0.717, 1.165) is 37.3 Å². The van der Waals surface area contributed by atoms with E-state index in [2.05, 4.69) is 18.0 Å². The number of benzene rings is 1. The van der Waals surface area contributed by atoms with E-state index in [1.165, 1.54) is 11.1 Å². The zero-order valence-corrected chi connectivity index (χ0v) is 13.6. The van der Waals surface area contributed by atoms with Gasteiger partial charge in [-0.2, -0.15) is 0 Å². The zero-order chi connectivity index (χ0) is 15.1. The van der Waals surface area contributed by atoms with Gasteiger partial charge in [-0.1, -0.05) is 6.07 Å². The maximum Gasteiger partial charge on any atom is 0.174 e. The zero-order valence-electron chi connectivity index (χ0n) is 13.6. The summed E-state index contributed by atoms with van der Waals surface area (Å²) in [5, 5.41) is 0. The van der Waals surface area contributed by atoms with Gasteiger partial charge >= 0.3 is 0 Å². The molecule has 2 aliphatic heterocycles. The molecule has 5 rings (SSSR count). The second kappa shape index (κ2) is 4.71. The van der Waals surface area contributed by atoms with Crippen LogP contribution in [0.3, 0.4) is 0 Å². The van der Waals surface area contributed by atoms with Crippen molar-refractivity contribution in [2.24, 2.45) is 5.92 Å². The van der Waals surface area contributed by atoms with Gasteiger partial charge in [0.15, 0.2) is 23.4 Å². The van der Waals surface area contributed by atoms with Crippen LogP contribution in [0.2, 0.25) is 0 Å². The van der Waals surface area contributed by atoms with Gasteiger partial charge in [-0.3, -0.25) is 4.79 Å². The highest BCUT2D eigenvalue weighted by atomic mass is 16.5. The van der Waals surface area contributed by atoms with Crippen molar-refractivity contribution in [3.05, 3.63) is 23.3 Å². The van der Waals surface area contributed by atoms with Crippen molar-refractivity contribution in [2.45, 2.75) is 43.2 Å². The molecule has 1 spiro atoms. The molecule has 5 nitrogen and oxygen atoms in total. The summed E-state index contributed by atoms with van der Waals surface area (Å²) in [5.74, 6) is 2.46. The van der Waals surface area contributed by atoms with Gasteiger partial charge in [-0.25, -0.2) is 0 Å². The first kappa shape index (κ1) is 15.0. The molecule has 0 unspecified atom stereocenters. The maximum absolute atomic E-state index is 12.6. The van der Waals surface area contributed by atoms with Crippen molar-refractivity contribution in [3.8, 4) is 11.5 Å². The number of methoxy groups -OCH3 is 1. The first-order valence-corrected chi connectivity index (χ1v) is 8.27. The molecule has 2 bridgehead atoms. The molecular formula is C18H23NO4. The predicted molar refractivity (Wildman–Crippen MR) is 85.2 cm³/mol. The normalized spacial score (nSPS) is 36.8. The number of Topliss-reactive ketones (excluding diaryl/α,β-unsaturated/α-hetero) is 1. The Morgan fingerprint density at radius 3 is 3.00 bits per heavy atom. The van der Waals surface area contributed by atoms with Crippen LogP contribution in [-0.2, 0) is 16.6 Å². The van der Waals surface area contributed by atoms with Crippen molar-refractivity contribution in [2.75, 3.05) is 20.7 Å². The van der Waals surface area contributed by atoms with Gasteiger partial charge in [-0.15, -0.1) is 0 Å². The Labute approximate surface area is 135 Å². The van der Waals surface area contributed by atoms with Crippen LogP contribution in [0.25, 0.3) is 0 Å². The van der Waals surface area contributed by atoms with Crippen LogP contribution in [0, 0.1) is 5.92 Å². The Hall–Kier alpha value is -1.59.